The van der Waals surface area contributed by atoms with E-state index in [4.69, 9.17) is 4.74 Å². The zero-order valence-corrected chi connectivity index (χ0v) is 15.8. The Balaban J connectivity index is 1.92. The normalized spacial score (nSPS) is 10.6. The zero-order chi connectivity index (χ0) is 18.8. The van der Waals surface area contributed by atoms with E-state index in [9.17, 15) is 9.59 Å². The number of para-hydroxylation sites is 1. The number of nitrogens with one attached hydrogen (secondary N) is 1. The maximum absolute atomic E-state index is 12.8. The van der Waals surface area contributed by atoms with E-state index in [1.54, 1.807) is 4.68 Å². The molecule has 0 radical (unpaired) electrons. The molecule has 0 aliphatic rings. The average Bonchev–Trinajstić information content (AvgIpc) is 3.15. The molecule has 0 saturated heterocycles. The number of anilines is 1. The predicted octanol–water partition coefficient (Wildman–Crippen LogP) is 3.90. The molecule has 1 aromatic carbocycles. The molecule has 2 aromatic heterocycles. The number of hydrogen-bond donors (Lipinski definition) is 1. The van der Waals surface area contributed by atoms with Crippen LogP contribution in [0.15, 0.2) is 36.5 Å². The Labute approximate surface area is 155 Å². The number of ether oxygens (including phenoxy) is 1. The number of carbonyl (C=O) groups excluding carboxylic acids is 2. The van der Waals surface area contributed by atoms with Crippen molar-refractivity contribution in [2.24, 2.45) is 0 Å². The van der Waals surface area contributed by atoms with Crippen molar-refractivity contribution in [2.45, 2.75) is 20.8 Å². The molecular weight excluding hydrogens is 350 g/mol. The number of thiophene rings is 1. The van der Waals surface area contributed by atoms with E-state index in [1.807, 2.05) is 51.1 Å². The molecule has 0 aliphatic heterocycles. The molecule has 6 nitrogen and oxygen atoms in total. The van der Waals surface area contributed by atoms with Crippen molar-refractivity contribution >= 4 is 28.2 Å². The van der Waals surface area contributed by atoms with Crippen LogP contribution in [0, 0.1) is 20.8 Å². The largest absolute Gasteiger partial charge is 0.465 e. The summed E-state index contributed by atoms with van der Waals surface area (Å²) in [5.41, 5.74) is 3.26. The first-order valence-electron chi connectivity index (χ1n) is 8.03. The Morgan fingerprint density at radius 2 is 1.85 bits per heavy atom. The summed E-state index contributed by atoms with van der Waals surface area (Å²) in [4.78, 5) is 25.8. The third kappa shape index (κ3) is 3.13. The van der Waals surface area contributed by atoms with Gasteiger partial charge in [0.1, 0.15) is 5.00 Å². The van der Waals surface area contributed by atoms with Gasteiger partial charge in [0, 0.05) is 4.88 Å². The fourth-order valence-corrected chi connectivity index (χ4v) is 3.74. The molecule has 26 heavy (non-hydrogen) atoms. The van der Waals surface area contributed by atoms with Crippen LogP contribution in [0.25, 0.3) is 5.69 Å². The minimum absolute atomic E-state index is 0.309. The van der Waals surface area contributed by atoms with Gasteiger partial charge in [-0.15, -0.1) is 11.3 Å². The van der Waals surface area contributed by atoms with E-state index in [0.717, 1.165) is 21.8 Å². The molecule has 0 aliphatic carbocycles. The van der Waals surface area contributed by atoms with E-state index in [1.165, 1.54) is 24.6 Å². The first kappa shape index (κ1) is 17.9. The standard InChI is InChI=1S/C19H19N3O3S/c1-11-13(3)26-18(16(11)19(24)25-4)21-17(23)15-10-20-22(12(15)2)14-8-6-5-7-9-14/h5-10H,1-4H3,(H,21,23). The van der Waals surface area contributed by atoms with E-state index < -0.39 is 5.97 Å². The van der Waals surface area contributed by atoms with Crippen molar-refractivity contribution in [1.29, 1.82) is 0 Å². The van der Waals surface area contributed by atoms with Gasteiger partial charge in [0.05, 0.1) is 35.8 Å². The van der Waals surface area contributed by atoms with Gasteiger partial charge in [-0.05, 0) is 38.5 Å². The molecule has 0 unspecified atom stereocenters. The van der Waals surface area contributed by atoms with Crippen LogP contribution < -0.4 is 5.32 Å². The lowest BCUT2D eigenvalue weighted by Crippen LogP contribution is -2.15. The van der Waals surface area contributed by atoms with Crippen LogP contribution in [-0.4, -0.2) is 28.8 Å². The van der Waals surface area contributed by atoms with Crippen molar-refractivity contribution < 1.29 is 14.3 Å². The average molecular weight is 369 g/mol. The smallest absolute Gasteiger partial charge is 0.341 e. The number of aromatic nitrogens is 2. The Morgan fingerprint density at radius 3 is 2.50 bits per heavy atom. The maximum Gasteiger partial charge on any atom is 0.341 e. The van der Waals surface area contributed by atoms with E-state index >= 15 is 0 Å². The number of amides is 1. The lowest BCUT2D eigenvalue weighted by molar-refractivity contribution is 0.0601. The molecule has 1 N–H and O–H groups in total. The summed E-state index contributed by atoms with van der Waals surface area (Å²) in [6.07, 6.45) is 1.53. The number of aryl methyl sites for hydroxylation is 1. The summed E-state index contributed by atoms with van der Waals surface area (Å²) in [5.74, 6) is -0.769. The van der Waals surface area contributed by atoms with Gasteiger partial charge in [-0.25, -0.2) is 9.48 Å². The lowest BCUT2D eigenvalue weighted by atomic mass is 10.1. The fourth-order valence-electron chi connectivity index (χ4n) is 2.70. The first-order valence-corrected chi connectivity index (χ1v) is 8.85. The molecule has 7 heteroatoms. The summed E-state index contributed by atoms with van der Waals surface area (Å²) in [5, 5.41) is 7.64. The summed E-state index contributed by atoms with van der Waals surface area (Å²) in [7, 11) is 1.33. The minimum Gasteiger partial charge on any atom is -0.465 e. The number of esters is 1. The van der Waals surface area contributed by atoms with Gasteiger partial charge in [0.25, 0.3) is 5.91 Å². The van der Waals surface area contributed by atoms with E-state index in [2.05, 4.69) is 10.4 Å². The molecule has 0 bridgehead atoms. The van der Waals surface area contributed by atoms with Gasteiger partial charge in [0.15, 0.2) is 0 Å². The molecule has 1 amide bonds. The van der Waals surface area contributed by atoms with Crippen molar-refractivity contribution in [3.63, 3.8) is 0 Å². The molecular formula is C19H19N3O3S. The Hall–Kier alpha value is -2.93. The maximum atomic E-state index is 12.8. The Morgan fingerprint density at radius 1 is 1.15 bits per heavy atom. The van der Waals surface area contributed by atoms with Crippen molar-refractivity contribution in [2.75, 3.05) is 12.4 Å². The number of hydrogen-bond acceptors (Lipinski definition) is 5. The van der Waals surface area contributed by atoms with Gasteiger partial charge in [-0.1, -0.05) is 18.2 Å². The van der Waals surface area contributed by atoms with Gasteiger partial charge in [0.2, 0.25) is 0 Å². The molecule has 3 rings (SSSR count). The quantitative estimate of drug-likeness (QED) is 0.708. The van der Waals surface area contributed by atoms with Gasteiger partial charge in [-0.2, -0.15) is 5.10 Å². The molecule has 2 heterocycles. The number of nitrogens with zero attached hydrogens (tertiary/aromatic N) is 2. The van der Waals surface area contributed by atoms with Crippen molar-refractivity contribution in [3.8, 4) is 5.69 Å². The second-order valence-electron chi connectivity index (χ2n) is 5.82. The number of rotatable bonds is 4. The lowest BCUT2D eigenvalue weighted by Gasteiger charge is -2.07. The third-order valence-electron chi connectivity index (χ3n) is 4.26. The monoisotopic (exact) mass is 369 g/mol. The highest BCUT2D eigenvalue weighted by atomic mass is 32.1. The summed E-state index contributed by atoms with van der Waals surface area (Å²) >= 11 is 1.36. The highest BCUT2D eigenvalue weighted by Gasteiger charge is 2.23. The highest BCUT2D eigenvalue weighted by molar-refractivity contribution is 7.16. The van der Waals surface area contributed by atoms with Crippen LogP contribution in [0.2, 0.25) is 0 Å². The Bertz CT molecular complexity index is 974. The number of carbonyl (C=O) groups is 2. The van der Waals surface area contributed by atoms with Gasteiger partial charge < -0.3 is 10.1 Å². The molecule has 3 aromatic rings. The SMILES string of the molecule is COC(=O)c1c(NC(=O)c2cnn(-c3ccccc3)c2C)sc(C)c1C. The van der Waals surface area contributed by atoms with Crippen LogP contribution in [0.3, 0.4) is 0 Å². The molecule has 134 valence electrons. The van der Waals surface area contributed by atoms with Crippen LogP contribution in [0.1, 0.15) is 36.9 Å². The van der Waals surface area contributed by atoms with Crippen LogP contribution >= 0.6 is 11.3 Å². The number of benzene rings is 1. The minimum atomic E-state index is -0.459. The zero-order valence-electron chi connectivity index (χ0n) is 15.0. The summed E-state index contributed by atoms with van der Waals surface area (Å²) in [6.45, 7) is 5.58. The highest BCUT2D eigenvalue weighted by Crippen LogP contribution is 2.33. The summed E-state index contributed by atoms with van der Waals surface area (Å²) < 4.78 is 6.55. The van der Waals surface area contributed by atoms with Crippen LogP contribution in [0.4, 0.5) is 5.00 Å². The summed E-state index contributed by atoms with van der Waals surface area (Å²) in [6, 6.07) is 9.59. The van der Waals surface area contributed by atoms with Crippen LogP contribution in [0.5, 0.6) is 0 Å². The van der Waals surface area contributed by atoms with Crippen LogP contribution in [-0.2, 0) is 4.74 Å². The topological polar surface area (TPSA) is 73.2 Å². The molecule has 0 spiro atoms. The molecule has 0 atom stereocenters. The molecule has 0 fully saturated rings. The second kappa shape index (κ2) is 7.13. The second-order valence-corrected chi connectivity index (χ2v) is 7.05. The predicted molar refractivity (Wildman–Crippen MR) is 101 cm³/mol. The van der Waals surface area contributed by atoms with Gasteiger partial charge >= 0.3 is 5.97 Å². The first-order chi connectivity index (χ1) is 12.4. The number of methoxy groups -OCH3 is 1. The fraction of sp³-hybridized carbons (Fsp3) is 0.211. The van der Waals surface area contributed by atoms with Gasteiger partial charge in [-0.3, -0.25) is 4.79 Å². The molecule has 0 saturated carbocycles. The van der Waals surface area contributed by atoms with Crippen molar-refractivity contribution in [3.05, 3.63) is 63.8 Å². The van der Waals surface area contributed by atoms with E-state index in [0.29, 0.717) is 16.1 Å². The Kier molecular flexibility index (Phi) is 4.90. The van der Waals surface area contributed by atoms with E-state index in [-0.39, 0.29) is 5.91 Å². The third-order valence-corrected chi connectivity index (χ3v) is 5.38. The van der Waals surface area contributed by atoms with Crippen molar-refractivity contribution in [1.82, 2.24) is 9.78 Å².